The van der Waals surface area contributed by atoms with Crippen molar-refractivity contribution >= 4 is 12.6 Å². The zero-order valence-corrected chi connectivity index (χ0v) is 3.76. The molecule has 0 fully saturated rings. The molecule has 0 aliphatic carbocycles. The Labute approximate surface area is 36.8 Å². The summed E-state index contributed by atoms with van der Waals surface area (Å²) in [6.45, 7) is 0.972. The van der Waals surface area contributed by atoms with Gasteiger partial charge < -0.3 is 0 Å². The number of hydrogen-bond acceptors (Lipinski definition) is 1. The minimum absolute atomic E-state index is 0.972. The lowest BCUT2D eigenvalue weighted by Crippen LogP contribution is -2.01. The van der Waals surface area contributed by atoms with Gasteiger partial charge in [-0.25, -0.2) is 0 Å². The van der Waals surface area contributed by atoms with E-state index >= 15 is 0 Å². The average molecular weight is 83.1 g/mol. The molecular formula is C4H7N2+. The zero-order valence-electron chi connectivity index (χ0n) is 3.76. The predicted octanol–water partition coefficient (Wildman–Crippen LogP) is -0.259. The Morgan fingerprint density at radius 3 is 2.83 bits per heavy atom. The Morgan fingerprint density at radius 1 is 1.83 bits per heavy atom. The van der Waals surface area contributed by atoms with E-state index in [9.17, 15) is 0 Å². The van der Waals surface area contributed by atoms with Gasteiger partial charge in [-0.15, -0.1) is 0 Å². The van der Waals surface area contributed by atoms with Crippen LogP contribution in [0.3, 0.4) is 0 Å². The van der Waals surface area contributed by atoms with E-state index < -0.39 is 0 Å². The van der Waals surface area contributed by atoms with Crippen LogP contribution in [0.5, 0.6) is 0 Å². The van der Waals surface area contributed by atoms with Gasteiger partial charge in [-0.3, -0.25) is 4.58 Å². The average Bonchev–Trinajstić information content (AvgIpc) is 1.86. The van der Waals surface area contributed by atoms with Gasteiger partial charge in [-0.1, -0.05) is 4.99 Å². The lowest BCUT2D eigenvalue weighted by Gasteiger charge is -1.77. The summed E-state index contributed by atoms with van der Waals surface area (Å²) in [4.78, 5) is 3.84. The molecule has 0 saturated carbocycles. The minimum Gasteiger partial charge on any atom is -0.260 e. The molecule has 0 aromatic heterocycles. The lowest BCUT2D eigenvalue weighted by atomic mass is 10.7. The van der Waals surface area contributed by atoms with Crippen LogP contribution >= 0.6 is 0 Å². The zero-order chi connectivity index (χ0) is 4.41. The molecule has 32 valence electrons. The fourth-order valence-corrected chi connectivity index (χ4v) is 0.384. The van der Waals surface area contributed by atoms with Gasteiger partial charge in [0, 0.05) is 0 Å². The molecule has 1 rings (SSSR count). The number of aliphatic imine (C=N–C) groups is 1. The molecule has 0 N–H and O–H groups in total. The van der Waals surface area contributed by atoms with Crippen LogP contribution in [0.15, 0.2) is 4.99 Å². The van der Waals surface area contributed by atoms with Crippen LogP contribution in [0.4, 0.5) is 0 Å². The third kappa shape index (κ3) is 0.455. The summed E-state index contributed by atoms with van der Waals surface area (Å²) in [5.41, 5.74) is 0. The summed E-state index contributed by atoms with van der Waals surface area (Å²) in [6, 6.07) is 0. The summed E-state index contributed by atoms with van der Waals surface area (Å²) in [7, 11) is 1.99. The van der Waals surface area contributed by atoms with E-state index in [1.54, 1.807) is 6.34 Å². The lowest BCUT2D eigenvalue weighted by molar-refractivity contribution is -0.472. The molecule has 0 atom stereocenters. The highest BCUT2D eigenvalue weighted by molar-refractivity contribution is 5.74. The summed E-state index contributed by atoms with van der Waals surface area (Å²) >= 11 is 0. The molecule has 2 heteroatoms. The van der Waals surface area contributed by atoms with Gasteiger partial charge in [0.25, 0.3) is 6.34 Å². The van der Waals surface area contributed by atoms with Crippen molar-refractivity contribution in [3.05, 3.63) is 0 Å². The van der Waals surface area contributed by atoms with E-state index in [-0.39, 0.29) is 0 Å². The molecule has 0 unspecified atom stereocenters. The third-order valence-corrected chi connectivity index (χ3v) is 0.739. The Hall–Kier alpha value is -0.660. The maximum atomic E-state index is 3.84. The molecule has 0 saturated heterocycles. The quantitative estimate of drug-likeness (QED) is 0.359. The van der Waals surface area contributed by atoms with Crippen molar-refractivity contribution < 1.29 is 4.58 Å². The predicted molar refractivity (Wildman–Crippen MR) is 25.6 cm³/mol. The Bertz CT molecular complexity index is 102. The Morgan fingerprint density at radius 2 is 2.67 bits per heavy atom. The first kappa shape index (κ1) is 3.53. The van der Waals surface area contributed by atoms with Crippen LogP contribution < -0.4 is 0 Å². The van der Waals surface area contributed by atoms with Crippen LogP contribution in [0.1, 0.15) is 0 Å². The number of nitrogens with zero attached hydrogens (tertiary/aromatic N) is 2. The van der Waals surface area contributed by atoms with Crippen LogP contribution in [0, 0.1) is 0 Å². The fourth-order valence-electron chi connectivity index (χ4n) is 0.384. The molecule has 0 spiro atoms. The third-order valence-electron chi connectivity index (χ3n) is 0.739. The molecule has 1 aliphatic heterocycles. The van der Waals surface area contributed by atoms with Crippen molar-refractivity contribution in [1.29, 1.82) is 0 Å². The van der Waals surface area contributed by atoms with Crippen LogP contribution in [0.25, 0.3) is 0 Å². The first-order valence-electron chi connectivity index (χ1n) is 1.95. The molecule has 0 amide bonds. The first-order chi connectivity index (χ1) is 2.89. The smallest absolute Gasteiger partial charge is 0.260 e. The molecule has 6 heavy (non-hydrogen) atoms. The maximum Gasteiger partial charge on any atom is 0.281 e. The van der Waals surface area contributed by atoms with Crippen LogP contribution in [-0.2, 0) is 0 Å². The van der Waals surface area contributed by atoms with Crippen molar-refractivity contribution in [2.24, 2.45) is 4.99 Å². The number of hydrogen-bond donors (Lipinski definition) is 0. The second kappa shape index (κ2) is 1.20. The van der Waals surface area contributed by atoms with E-state index in [0.717, 1.165) is 6.54 Å². The molecular weight excluding hydrogens is 76.1 g/mol. The Kier molecular flexibility index (Phi) is 0.708. The van der Waals surface area contributed by atoms with Crippen LogP contribution in [0.2, 0.25) is 0 Å². The highest BCUT2D eigenvalue weighted by atomic mass is 15.1. The highest BCUT2D eigenvalue weighted by Crippen LogP contribution is 1.71. The maximum absolute atomic E-state index is 3.84. The van der Waals surface area contributed by atoms with E-state index in [4.69, 9.17) is 0 Å². The summed E-state index contributed by atoms with van der Waals surface area (Å²) in [6.07, 6.45) is 3.68. The highest BCUT2D eigenvalue weighted by Gasteiger charge is 1.95. The van der Waals surface area contributed by atoms with Gasteiger partial charge in [0.15, 0.2) is 6.21 Å². The van der Waals surface area contributed by atoms with E-state index in [0.29, 0.717) is 0 Å². The van der Waals surface area contributed by atoms with Gasteiger partial charge in [-0.2, -0.15) is 0 Å². The molecule has 2 nitrogen and oxygen atoms in total. The van der Waals surface area contributed by atoms with Crippen molar-refractivity contribution in [2.75, 3.05) is 13.6 Å². The molecule has 0 aromatic rings. The second-order valence-electron chi connectivity index (χ2n) is 1.39. The van der Waals surface area contributed by atoms with E-state index in [1.807, 2.05) is 17.8 Å². The standard InChI is InChI=1S/C4H7N2/c1-6-3-2-5-4-6/h2,4H,3H2,1H3/q+1. The molecule has 1 heterocycles. The van der Waals surface area contributed by atoms with Crippen molar-refractivity contribution in [3.8, 4) is 0 Å². The first-order valence-corrected chi connectivity index (χ1v) is 1.95. The van der Waals surface area contributed by atoms with Gasteiger partial charge in [-0.05, 0) is 0 Å². The SMILES string of the molecule is C[N+]1=CN=CC1. The van der Waals surface area contributed by atoms with Gasteiger partial charge in [0.2, 0.25) is 0 Å². The van der Waals surface area contributed by atoms with Crippen molar-refractivity contribution in [3.63, 3.8) is 0 Å². The monoisotopic (exact) mass is 83.1 g/mol. The summed E-state index contributed by atoms with van der Waals surface area (Å²) in [5, 5.41) is 0. The topological polar surface area (TPSA) is 15.4 Å². The van der Waals surface area contributed by atoms with E-state index in [1.165, 1.54) is 0 Å². The second-order valence-corrected chi connectivity index (χ2v) is 1.39. The molecule has 0 bridgehead atoms. The molecule has 1 aliphatic rings. The number of rotatable bonds is 0. The Balaban J connectivity index is 2.61. The molecule has 0 radical (unpaired) electrons. The summed E-state index contributed by atoms with van der Waals surface area (Å²) < 4.78 is 2.01. The minimum atomic E-state index is 0.972. The normalized spacial score (nSPS) is 18.5. The van der Waals surface area contributed by atoms with Gasteiger partial charge >= 0.3 is 0 Å². The van der Waals surface area contributed by atoms with Crippen molar-refractivity contribution in [1.82, 2.24) is 0 Å². The summed E-state index contributed by atoms with van der Waals surface area (Å²) in [5.74, 6) is 0. The van der Waals surface area contributed by atoms with Crippen LogP contribution in [-0.4, -0.2) is 30.7 Å². The largest absolute Gasteiger partial charge is 0.281 e. The van der Waals surface area contributed by atoms with Gasteiger partial charge in [0.1, 0.15) is 6.54 Å². The van der Waals surface area contributed by atoms with Gasteiger partial charge in [0.05, 0.1) is 7.05 Å². The fraction of sp³-hybridized carbons (Fsp3) is 0.500. The molecule has 0 aromatic carbocycles. The van der Waals surface area contributed by atoms with Crippen molar-refractivity contribution in [2.45, 2.75) is 0 Å². The van der Waals surface area contributed by atoms with E-state index in [2.05, 4.69) is 4.99 Å².